The van der Waals surface area contributed by atoms with Gasteiger partial charge in [-0.05, 0) is 42.4 Å². The Kier molecular flexibility index (Phi) is 5.49. The van der Waals surface area contributed by atoms with E-state index < -0.39 is 22.9 Å². The molecule has 1 saturated heterocycles. The summed E-state index contributed by atoms with van der Waals surface area (Å²) >= 11 is 0.771. The number of nitrogens with zero attached hydrogens (tertiary/aromatic N) is 1. The van der Waals surface area contributed by atoms with Gasteiger partial charge in [-0.1, -0.05) is 48.0 Å². The minimum absolute atomic E-state index is 0.0261. The Morgan fingerprint density at radius 2 is 1.81 bits per heavy atom. The number of hydrogen-bond donors (Lipinski definition) is 0. The minimum Gasteiger partial charge on any atom is -0.457 e. The molecule has 1 aliphatic heterocycles. The molecule has 8 heteroatoms. The molecule has 3 aromatic rings. The molecule has 2 amide bonds. The van der Waals surface area contributed by atoms with Crippen molar-refractivity contribution < 1.29 is 27.2 Å². The lowest BCUT2D eigenvalue weighted by molar-refractivity contribution is -0.137. The van der Waals surface area contributed by atoms with Gasteiger partial charge in [-0.15, -0.1) is 0 Å². The second-order valence-corrected chi connectivity index (χ2v) is 8.00. The lowest BCUT2D eigenvalue weighted by atomic mass is 10.1. The van der Waals surface area contributed by atoms with E-state index in [1.54, 1.807) is 0 Å². The first kappa shape index (κ1) is 21.0. The summed E-state index contributed by atoms with van der Waals surface area (Å²) in [5, 5.41) is -0.410. The van der Waals surface area contributed by atoms with Crippen molar-refractivity contribution in [3.05, 3.63) is 88.0 Å². The highest BCUT2D eigenvalue weighted by Crippen LogP contribution is 2.38. The predicted molar refractivity (Wildman–Crippen MR) is 112 cm³/mol. The maximum atomic E-state index is 13.3. The predicted octanol–water partition coefficient (Wildman–Crippen LogP) is 6.51. The number of furan rings is 1. The van der Waals surface area contributed by atoms with E-state index in [0.717, 1.165) is 33.9 Å². The number of carbonyl (C=O) groups excluding carboxylic acids is 2. The van der Waals surface area contributed by atoms with E-state index in [1.807, 2.05) is 31.2 Å². The highest BCUT2D eigenvalue weighted by molar-refractivity contribution is 8.18. The van der Waals surface area contributed by atoms with Crippen molar-refractivity contribution >= 4 is 29.0 Å². The zero-order valence-electron chi connectivity index (χ0n) is 16.3. The van der Waals surface area contributed by atoms with Crippen LogP contribution in [0.2, 0.25) is 0 Å². The number of rotatable bonds is 4. The van der Waals surface area contributed by atoms with E-state index in [4.69, 9.17) is 4.42 Å². The SMILES string of the molecule is Cc1cccc(CN2C(=O)S/C(=C/c3ccc(-c4ccccc4C(F)(F)F)o3)C2=O)c1. The lowest BCUT2D eigenvalue weighted by Gasteiger charge is -2.12. The van der Waals surface area contributed by atoms with Gasteiger partial charge in [-0.2, -0.15) is 13.2 Å². The Morgan fingerprint density at radius 3 is 2.55 bits per heavy atom. The molecule has 31 heavy (non-hydrogen) atoms. The van der Waals surface area contributed by atoms with Crippen LogP contribution in [0.15, 0.2) is 70.0 Å². The Morgan fingerprint density at radius 1 is 1.03 bits per heavy atom. The summed E-state index contributed by atoms with van der Waals surface area (Å²) in [5.41, 5.74) is 0.937. The van der Waals surface area contributed by atoms with Gasteiger partial charge in [0.1, 0.15) is 11.5 Å². The fourth-order valence-electron chi connectivity index (χ4n) is 3.28. The number of alkyl halides is 3. The van der Waals surface area contributed by atoms with Crippen LogP contribution in [-0.2, 0) is 17.5 Å². The quantitative estimate of drug-likeness (QED) is 0.431. The number of hydrogen-bond acceptors (Lipinski definition) is 4. The topological polar surface area (TPSA) is 50.5 Å². The summed E-state index contributed by atoms with van der Waals surface area (Å²) < 4.78 is 45.3. The second-order valence-electron chi connectivity index (χ2n) is 7.00. The highest BCUT2D eigenvalue weighted by atomic mass is 32.2. The van der Waals surface area contributed by atoms with Crippen molar-refractivity contribution in [2.75, 3.05) is 0 Å². The molecule has 1 aliphatic rings. The number of amides is 2. The third-order valence-corrected chi connectivity index (χ3v) is 5.60. The van der Waals surface area contributed by atoms with E-state index >= 15 is 0 Å². The van der Waals surface area contributed by atoms with Gasteiger partial charge in [0.05, 0.1) is 17.0 Å². The van der Waals surface area contributed by atoms with Gasteiger partial charge in [-0.3, -0.25) is 14.5 Å². The molecule has 1 aromatic heterocycles. The van der Waals surface area contributed by atoms with Crippen LogP contribution in [0.3, 0.4) is 0 Å². The van der Waals surface area contributed by atoms with Crippen LogP contribution in [-0.4, -0.2) is 16.0 Å². The Balaban J connectivity index is 1.58. The summed E-state index contributed by atoms with van der Waals surface area (Å²) in [6, 6.07) is 15.5. The molecule has 2 heterocycles. The molecule has 0 atom stereocenters. The average Bonchev–Trinajstić information content (AvgIpc) is 3.28. The van der Waals surface area contributed by atoms with Crippen molar-refractivity contribution in [1.82, 2.24) is 4.90 Å². The van der Waals surface area contributed by atoms with Crippen LogP contribution in [0, 0.1) is 6.92 Å². The molecular formula is C23H16F3NO3S. The van der Waals surface area contributed by atoms with Gasteiger partial charge in [0.15, 0.2) is 0 Å². The smallest absolute Gasteiger partial charge is 0.417 e. The monoisotopic (exact) mass is 443 g/mol. The molecule has 0 aliphatic carbocycles. The molecule has 0 unspecified atom stereocenters. The molecule has 4 rings (SSSR count). The van der Waals surface area contributed by atoms with Gasteiger partial charge in [-0.25, -0.2) is 0 Å². The Bertz CT molecular complexity index is 1200. The van der Waals surface area contributed by atoms with E-state index in [-0.39, 0.29) is 28.5 Å². The van der Waals surface area contributed by atoms with Crippen molar-refractivity contribution in [1.29, 1.82) is 0 Å². The van der Waals surface area contributed by atoms with E-state index in [9.17, 15) is 22.8 Å². The highest BCUT2D eigenvalue weighted by Gasteiger charge is 2.36. The molecule has 0 radical (unpaired) electrons. The fourth-order valence-corrected chi connectivity index (χ4v) is 4.10. The number of benzene rings is 2. The molecule has 0 N–H and O–H groups in total. The number of aryl methyl sites for hydroxylation is 1. The van der Waals surface area contributed by atoms with Crippen LogP contribution in [0.1, 0.15) is 22.5 Å². The number of halogens is 3. The number of thioether (sulfide) groups is 1. The van der Waals surface area contributed by atoms with Crippen molar-refractivity contribution in [2.45, 2.75) is 19.6 Å². The molecule has 2 aromatic carbocycles. The normalized spacial score (nSPS) is 15.9. The van der Waals surface area contributed by atoms with Crippen LogP contribution in [0.5, 0.6) is 0 Å². The zero-order valence-corrected chi connectivity index (χ0v) is 17.1. The zero-order chi connectivity index (χ0) is 22.2. The largest absolute Gasteiger partial charge is 0.457 e. The van der Waals surface area contributed by atoms with Gasteiger partial charge in [0.25, 0.3) is 11.1 Å². The molecule has 1 fully saturated rings. The van der Waals surface area contributed by atoms with E-state index in [2.05, 4.69) is 0 Å². The molecule has 158 valence electrons. The third kappa shape index (κ3) is 4.44. The van der Waals surface area contributed by atoms with Gasteiger partial charge < -0.3 is 4.42 Å². The molecule has 4 nitrogen and oxygen atoms in total. The lowest BCUT2D eigenvalue weighted by Crippen LogP contribution is -2.27. The van der Waals surface area contributed by atoms with Crippen molar-refractivity contribution in [2.24, 2.45) is 0 Å². The van der Waals surface area contributed by atoms with Crippen LogP contribution < -0.4 is 0 Å². The summed E-state index contributed by atoms with van der Waals surface area (Å²) in [4.78, 5) is 26.3. The maximum Gasteiger partial charge on any atom is 0.417 e. The van der Waals surface area contributed by atoms with E-state index in [0.29, 0.717) is 0 Å². The third-order valence-electron chi connectivity index (χ3n) is 4.69. The summed E-state index contributed by atoms with van der Waals surface area (Å²) in [5.74, 6) is -0.253. The molecule has 0 bridgehead atoms. The first-order valence-corrected chi connectivity index (χ1v) is 10.1. The first-order valence-electron chi connectivity index (χ1n) is 9.30. The van der Waals surface area contributed by atoms with Gasteiger partial charge >= 0.3 is 6.18 Å². The number of imide groups is 1. The Labute approximate surface area is 180 Å². The molecule has 0 spiro atoms. The average molecular weight is 443 g/mol. The van der Waals surface area contributed by atoms with Crippen molar-refractivity contribution in [3.8, 4) is 11.3 Å². The number of carbonyl (C=O) groups is 2. The minimum atomic E-state index is -4.53. The molecule has 0 saturated carbocycles. The van der Waals surface area contributed by atoms with Gasteiger partial charge in [0.2, 0.25) is 0 Å². The molecular weight excluding hydrogens is 427 g/mol. The van der Waals surface area contributed by atoms with Crippen LogP contribution in [0.4, 0.5) is 18.0 Å². The van der Waals surface area contributed by atoms with Crippen LogP contribution >= 0.6 is 11.8 Å². The Hall–Kier alpha value is -3.26. The standard InChI is InChI=1S/C23H16F3NO3S/c1-14-5-4-6-15(11-14)13-27-21(28)20(31-22(27)29)12-16-9-10-19(30-16)17-7-2-3-8-18(17)23(24,25)26/h2-12H,13H2,1H3/b20-12+. The van der Waals surface area contributed by atoms with Gasteiger partial charge in [0, 0.05) is 11.6 Å². The second kappa shape index (κ2) is 8.11. The maximum absolute atomic E-state index is 13.3. The summed E-state index contributed by atoms with van der Waals surface area (Å²) in [6.07, 6.45) is -3.15. The van der Waals surface area contributed by atoms with Crippen LogP contribution in [0.25, 0.3) is 17.4 Å². The summed E-state index contributed by atoms with van der Waals surface area (Å²) in [6.45, 7) is 2.06. The fraction of sp³-hybridized carbons (Fsp3) is 0.130. The van der Waals surface area contributed by atoms with E-state index in [1.165, 1.54) is 36.4 Å². The summed E-state index contributed by atoms with van der Waals surface area (Å²) in [7, 11) is 0. The first-order chi connectivity index (χ1) is 14.7. The van der Waals surface area contributed by atoms with Crippen molar-refractivity contribution in [3.63, 3.8) is 0 Å².